The summed E-state index contributed by atoms with van der Waals surface area (Å²) in [5, 5.41) is 26.1. The number of furan rings is 1. The van der Waals surface area contributed by atoms with Crippen molar-refractivity contribution in [2.75, 3.05) is 28.4 Å². The van der Waals surface area contributed by atoms with E-state index in [4.69, 9.17) is 23.4 Å². The van der Waals surface area contributed by atoms with Crippen molar-refractivity contribution in [3.05, 3.63) is 70.2 Å². The first kappa shape index (κ1) is 37.4. The van der Waals surface area contributed by atoms with Gasteiger partial charge in [-0.1, -0.05) is 12.2 Å². The molecule has 1 aromatic heterocycles. The summed E-state index contributed by atoms with van der Waals surface area (Å²) < 4.78 is 32.4. The first-order valence-corrected chi connectivity index (χ1v) is 16.2. The number of phenols is 2. The number of allylic oxidation sites excluding steroid dienone is 1. The van der Waals surface area contributed by atoms with E-state index in [1.54, 1.807) is 31.2 Å². The molecule has 2 atom stereocenters. The van der Waals surface area contributed by atoms with Crippen LogP contribution in [0.3, 0.4) is 0 Å². The van der Waals surface area contributed by atoms with Crippen molar-refractivity contribution in [2.24, 2.45) is 0 Å². The number of carbonyl (C=O) groups excluding carboxylic acids is 4. The van der Waals surface area contributed by atoms with Gasteiger partial charge in [0.1, 0.15) is 28.6 Å². The molecule has 268 valence electrons. The molecule has 0 spiro atoms. The number of hydrogen-bond donors (Lipinski definition) is 3. The van der Waals surface area contributed by atoms with Gasteiger partial charge in [-0.3, -0.25) is 9.59 Å². The molecule has 50 heavy (non-hydrogen) atoms. The lowest BCUT2D eigenvalue weighted by molar-refractivity contribution is -0.121. The van der Waals surface area contributed by atoms with Crippen molar-refractivity contribution >= 4 is 29.7 Å². The van der Waals surface area contributed by atoms with Crippen molar-refractivity contribution in [2.45, 2.75) is 70.4 Å². The highest BCUT2D eigenvalue weighted by atomic mass is 16.5. The Morgan fingerprint density at radius 2 is 1.68 bits per heavy atom. The molecule has 3 aromatic rings. The van der Waals surface area contributed by atoms with Crippen LogP contribution in [-0.4, -0.2) is 68.4 Å². The third kappa shape index (κ3) is 8.95. The summed E-state index contributed by atoms with van der Waals surface area (Å²) in [6.07, 6.45) is 5.39. The molecule has 0 saturated heterocycles. The number of amides is 1. The molecule has 0 radical (unpaired) electrons. The molecule has 0 fully saturated rings. The fourth-order valence-electron chi connectivity index (χ4n) is 5.83. The van der Waals surface area contributed by atoms with E-state index in [9.17, 15) is 29.4 Å². The third-order valence-corrected chi connectivity index (χ3v) is 8.39. The minimum atomic E-state index is -1.07. The molecule has 0 bridgehead atoms. The number of esters is 2. The van der Waals surface area contributed by atoms with Gasteiger partial charge in [0.15, 0.2) is 11.5 Å². The molecule has 1 aliphatic heterocycles. The number of methoxy groups -OCH3 is 4. The van der Waals surface area contributed by atoms with Crippen LogP contribution >= 0.6 is 0 Å². The Balaban J connectivity index is 1.81. The van der Waals surface area contributed by atoms with Gasteiger partial charge in [0.05, 0.1) is 41.1 Å². The highest BCUT2D eigenvalue weighted by molar-refractivity contribution is 5.98. The number of aromatic hydroxyl groups is 2. The summed E-state index contributed by atoms with van der Waals surface area (Å²) in [5.41, 5.74) is 0.298. The first-order valence-electron chi connectivity index (χ1n) is 16.2. The molecule has 1 amide bonds. The Kier molecular flexibility index (Phi) is 12.9. The maximum atomic E-state index is 13.7. The summed E-state index contributed by atoms with van der Waals surface area (Å²) in [5.74, 6) is -2.85. The number of phenolic OH excluding ortho intramolecular Hbond substituents is 2. The molecular formula is C37H43NO12. The van der Waals surface area contributed by atoms with Crippen LogP contribution in [-0.2, 0) is 25.6 Å². The SMILES string of the molecule is COC(=O)c1ccc(CNC(=O)CC(c2cc(OC)c(OC)c(OC)c2)c2c(O)cc3c(c2O)C(=O)O[C@@H](C)CCCC(=O)CCCC=C3)o1. The molecule has 2 heterocycles. The second kappa shape index (κ2) is 17.3. The molecule has 1 aliphatic rings. The molecule has 4 rings (SSSR count). The lowest BCUT2D eigenvalue weighted by Gasteiger charge is -2.24. The molecule has 0 aliphatic carbocycles. The van der Waals surface area contributed by atoms with E-state index in [1.165, 1.54) is 46.6 Å². The molecule has 2 aromatic carbocycles. The summed E-state index contributed by atoms with van der Waals surface area (Å²) in [4.78, 5) is 51.2. The molecule has 13 heteroatoms. The second-order valence-electron chi connectivity index (χ2n) is 11.8. The van der Waals surface area contributed by atoms with Crippen molar-refractivity contribution in [3.8, 4) is 28.7 Å². The highest BCUT2D eigenvalue weighted by Crippen LogP contribution is 2.47. The average molecular weight is 694 g/mol. The zero-order valence-electron chi connectivity index (χ0n) is 28.8. The number of ketones is 1. The Labute approximate surface area is 290 Å². The number of cyclic esters (lactones) is 1. The fraction of sp³-hybridized carbons (Fsp3) is 0.405. The molecule has 0 saturated carbocycles. The van der Waals surface area contributed by atoms with E-state index in [0.717, 1.165) is 0 Å². The van der Waals surface area contributed by atoms with Gasteiger partial charge in [-0.2, -0.15) is 0 Å². The quantitative estimate of drug-likeness (QED) is 0.217. The van der Waals surface area contributed by atoms with Crippen LogP contribution in [0.15, 0.2) is 40.8 Å². The summed E-state index contributed by atoms with van der Waals surface area (Å²) in [6, 6.07) is 7.45. The Morgan fingerprint density at radius 1 is 0.980 bits per heavy atom. The fourth-order valence-corrected chi connectivity index (χ4v) is 5.83. The Hall–Kier alpha value is -5.46. The minimum Gasteiger partial charge on any atom is -0.507 e. The van der Waals surface area contributed by atoms with E-state index < -0.39 is 35.6 Å². The number of carbonyl (C=O) groups is 4. The van der Waals surface area contributed by atoms with Gasteiger partial charge in [-0.05, 0) is 74.1 Å². The topological polar surface area (TPSA) is 180 Å². The highest BCUT2D eigenvalue weighted by Gasteiger charge is 2.32. The van der Waals surface area contributed by atoms with Gasteiger partial charge in [-0.15, -0.1) is 0 Å². The number of nitrogens with one attached hydrogen (secondary N) is 1. The molecule has 13 nitrogen and oxygen atoms in total. The zero-order valence-corrected chi connectivity index (χ0v) is 28.8. The zero-order chi connectivity index (χ0) is 36.4. The van der Waals surface area contributed by atoms with Gasteiger partial charge >= 0.3 is 11.9 Å². The number of fused-ring (bicyclic) bond motifs is 1. The Morgan fingerprint density at radius 3 is 2.34 bits per heavy atom. The predicted molar refractivity (Wildman–Crippen MR) is 181 cm³/mol. The van der Waals surface area contributed by atoms with Crippen molar-refractivity contribution in [3.63, 3.8) is 0 Å². The molecule has 3 N–H and O–H groups in total. The summed E-state index contributed by atoms with van der Waals surface area (Å²) in [7, 11) is 5.51. The largest absolute Gasteiger partial charge is 0.507 e. The normalized spacial score (nSPS) is 16.0. The predicted octanol–water partition coefficient (Wildman–Crippen LogP) is 5.82. The number of Topliss-reactive ketones (excluding diaryl/α,β-unsaturated/α-hetero) is 1. The number of benzene rings is 2. The van der Waals surface area contributed by atoms with Crippen LogP contribution in [0.1, 0.15) is 101 Å². The van der Waals surface area contributed by atoms with Gasteiger partial charge in [0, 0.05) is 30.7 Å². The second-order valence-corrected chi connectivity index (χ2v) is 11.8. The monoisotopic (exact) mass is 693 g/mol. The van der Waals surface area contributed by atoms with E-state index in [2.05, 4.69) is 10.1 Å². The molecular weight excluding hydrogens is 650 g/mol. The number of rotatable bonds is 10. The number of hydrogen-bond acceptors (Lipinski definition) is 12. The van der Waals surface area contributed by atoms with Gasteiger partial charge in [-0.25, -0.2) is 9.59 Å². The first-order chi connectivity index (χ1) is 24.0. The number of ether oxygens (including phenoxy) is 5. The molecule has 1 unspecified atom stereocenters. The van der Waals surface area contributed by atoms with Crippen molar-refractivity contribution < 1.29 is 57.5 Å². The Bertz CT molecular complexity index is 1710. The lowest BCUT2D eigenvalue weighted by atomic mass is 9.84. The van der Waals surface area contributed by atoms with Gasteiger partial charge in [0.25, 0.3) is 0 Å². The third-order valence-electron chi connectivity index (χ3n) is 8.39. The maximum Gasteiger partial charge on any atom is 0.373 e. The van der Waals surface area contributed by atoms with Crippen LogP contribution < -0.4 is 19.5 Å². The van der Waals surface area contributed by atoms with E-state index in [1.807, 2.05) is 0 Å². The maximum absolute atomic E-state index is 13.7. The van der Waals surface area contributed by atoms with Crippen molar-refractivity contribution in [1.82, 2.24) is 5.32 Å². The smallest absolute Gasteiger partial charge is 0.373 e. The van der Waals surface area contributed by atoms with Crippen molar-refractivity contribution in [1.29, 1.82) is 0 Å². The van der Waals surface area contributed by atoms with Crippen LogP contribution in [0.2, 0.25) is 0 Å². The summed E-state index contributed by atoms with van der Waals surface area (Å²) in [6.45, 7) is 1.62. The minimum absolute atomic E-state index is 0.0320. The van der Waals surface area contributed by atoms with E-state index >= 15 is 0 Å². The standard InChI is InChI=1S/C37H43NO12/c1-21-10-9-13-24(39)12-8-6-7-11-22-16-27(40)33(34(42)32(22)37(44)49-21)26(23-17-29(45-2)35(47-4)30(18-23)46-3)19-31(41)38-20-25-14-15-28(50-25)36(43)48-5/h7,11,14-18,21,26,40,42H,6,8-10,12-13,19-20H2,1-5H3,(H,38,41)/t21-,26?/m0/s1. The van der Waals surface area contributed by atoms with Crippen LogP contribution in [0.4, 0.5) is 0 Å². The van der Waals surface area contributed by atoms with Crippen LogP contribution in [0.5, 0.6) is 28.7 Å². The lowest BCUT2D eigenvalue weighted by Crippen LogP contribution is -2.25. The summed E-state index contributed by atoms with van der Waals surface area (Å²) >= 11 is 0. The van der Waals surface area contributed by atoms with Crippen LogP contribution in [0.25, 0.3) is 6.08 Å². The van der Waals surface area contributed by atoms with Crippen LogP contribution in [0, 0.1) is 0 Å². The van der Waals surface area contributed by atoms with Gasteiger partial charge in [0.2, 0.25) is 17.4 Å². The van der Waals surface area contributed by atoms with Gasteiger partial charge < -0.3 is 43.6 Å². The average Bonchev–Trinajstić information content (AvgIpc) is 3.57. The van der Waals surface area contributed by atoms with E-state index in [0.29, 0.717) is 44.1 Å². The van der Waals surface area contributed by atoms with E-state index in [-0.39, 0.29) is 70.0 Å².